The van der Waals surface area contributed by atoms with Gasteiger partial charge in [0, 0.05) is 29.5 Å². The van der Waals surface area contributed by atoms with Crippen LogP contribution in [0.25, 0.3) is 55.2 Å². The minimum Gasteiger partial charge on any atom is -0.301 e. The average molecular weight is 677 g/mol. The Morgan fingerprint density at radius 2 is 0.923 bits per heavy atom. The molecule has 0 radical (unpaired) electrons. The number of hydrogen-bond donors (Lipinski definition) is 0. The minimum absolute atomic E-state index is 0.0944. The smallest absolute Gasteiger partial charge is 0.269 e. The molecule has 52 heavy (non-hydrogen) atoms. The number of benzene rings is 5. The molecule has 0 fully saturated rings. The van der Waals surface area contributed by atoms with E-state index in [-0.39, 0.29) is 11.1 Å². The molecule has 4 aromatic heterocycles. The highest BCUT2D eigenvalue weighted by Crippen LogP contribution is 2.24. The molecular weight excluding hydrogens is 645 g/mol. The van der Waals surface area contributed by atoms with Gasteiger partial charge in [-0.05, 0) is 88.5 Å². The fourth-order valence-electron chi connectivity index (χ4n) is 6.39. The van der Waals surface area contributed by atoms with Gasteiger partial charge in [-0.25, -0.2) is 9.97 Å². The van der Waals surface area contributed by atoms with Gasteiger partial charge in [-0.3, -0.25) is 19.6 Å². The summed E-state index contributed by atoms with van der Waals surface area (Å²) in [5.41, 5.74) is 10.6. The number of fused-ring (bicyclic) bond motifs is 3. The Bertz CT molecular complexity index is 2810. The van der Waals surface area contributed by atoms with Crippen LogP contribution in [-0.2, 0) is 13.1 Å². The van der Waals surface area contributed by atoms with E-state index in [1.54, 1.807) is 21.5 Å². The molecule has 250 valence electrons. The second-order valence-electron chi connectivity index (χ2n) is 12.4. The Hall–Kier alpha value is -7.06. The van der Waals surface area contributed by atoms with Crippen LogP contribution in [0.5, 0.6) is 0 Å². The van der Waals surface area contributed by atoms with Crippen molar-refractivity contribution in [1.29, 1.82) is 0 Å². The molecule has 9 aromatic rings. The Balaban J connectivity index is 0.000000151. The Morgan fingerprint density at radius 1 is 0.423 bits per heavy atom. The average Bonchev–Trinajstić information content (AvgIpc) is 3.21. The quantitative estimate of drug-likeness (QED) is 0.176. The predicted molar refractivity (Wildman–Crippen MR) is 207 cm³/mol. The van der Waals surface area contributed by atoms with Crippen LogP contribution in [0.3, 0.4) is 0 Å². The first-order chi connectivity index (χ1) is 25.6. The van der Waals surface area contributed by atoms with Crippen molar-refractivity contribution >= 4 is 33.0 Å². The van der Waals surface area contributed by atoms with Crippen molar-refractivity contribution in [2.24, 2.45) is 0 Å². The van der Waals surface area contributed by atoms with Gasteiger partial charge in [-0.15, -0.1) is 0 Å². The van der Waals surface area contributed by atoms with Gasteiger partial charge in [-0.1, -0.05) is 78.9 Å². The highest BCUT2D eigenvalue weighted by Gasteiger charge is 2.08. The van der Waals surface area contributed by atoms with E-state index >= 15 is 0 Å². The van der Waals surface area contributed by atoms with E-state index in [2.05, 4.69) is 56.3 Å². The van der Waals surface area contributed by atoms with Gasteiger partial charge in [0.05, 0.1) is 53.1 Å². The van der Waals surface area contributed by atoms with Gasteiger partial charge >= 0.3 is 0 Å². The first-order valence-electron chi connectivity index (χ1n) is 16.9. The zero-order chi connectivity index (χ0) is 35.3. The van der Waals surface area contributed by atoms with Gasteiger partial charge in [-0.2, -0.15) is 0 Å². The first kappa shape index (κ1) is 32.2. The summed E-state index contributed by atoms with van der Waals surface area (Å²) < 4.78 is 3.52. The van der Waals surface area contributed by atoms with Crippen LogP contribution >= 0.6 is 0 Å². The highest BCUT2D eigenvalue weighted by atomic mass is 16.1. The van der Waals surface area contributed by atoms with Gasteiger partial charge < -0.3 is 9.13 Å². The largest absolute Gasteiger partial charge is 0.301 e. The molecule has 0 aliphatic heterocycles. The molecule has 0 saturated carbocycles. The Labute approximate surface area is 299 Å². The maximum atomic E-state index is 12.4. The third-order valence-electron chi connectivity index (χ3n) is 8.98. The lowest BCUT2D eigenvalue weighted by molar-refractivity contribution is 0.787. The summed E-state index contributed by atoms with van der Waals surface area (Å²) in [6.45, 7) is 1.01. The number of para-hydroxylation sites is 5. The molecule has 0 aliphatic rings. The molecular formula is C44H32N6O2. The van der Waals surface area contributed by atoms with E-state index in [1.807, 2.05) is 109 Å². The molecule has 0 unspecified atom stereocenters. The van der Waals surface area contributed by atoms with Crippen LogP contribution in [0, 0.1) is 0 Å². The van der Waals surface area contributed by atoms with Gasteiger partial charge in [0.25, 0.3) is 11.1 Å². The lowest BCUT2D eigenvalue weighted by atomic mass is 10.0. The maximum Gasteiger partial charge on any atom is 0.269 e. The maximum absolute atomic E-state index is 12.4. The second kappa shape index (κ2) is 14.4. The molecule has 4 heterocycles. The fraction of sp³-hybridized carbons (Fsp3) is 0.0455. The molecule has 0 N–H and O–H groups in total. The van der Waals surface area contributed by atoms with E-state index < -0.39 is 0 Å². The second-order valence-corrected chi connectivity index (χ2v) is 12.4. The van der Waals surface area contributed by atoms with Gasteiger partial charge in [0.1, 0.15) is 0 Å². The zero-order valence-electron chi connectivity index (χ0n) is 28.1. The van der Waals surface area contributed by atoms with Crippen molar-refractivity contribution < 1.29 is 0 Å². The van der Waals surface area contributed by atoms with Gasteiger partial charge in [0.15, 0.2) is 0 Å². The number of rotatable bonds is 6. The molecule has 0 spiro atoms. The topological polar surface area (TPSA) is 95.6 Å². The normalized spacial score (nSPS) is 11.0. The third-order valence-corrected chi connectivity index (χ3v) is 8.98. The first-order valence-corrected chi connectivity index (χ1v) is 16.9. The summed E-state index contributed by atoms with van der Waals surface area (Å²) in [4.78, 5) is 41.8. The van der Waals surface area contributed by atoms with E-state index in [0.29, 0.717) is 13.1 Å². The molecule has 8 nitrogen and oxygen atoms in total. The summed E-state index contributed by atoms with van der Waals surface area (Å²) >= 11 is 0. The van der Waals surface area contributed by atoms with Crippen molar-refractivity contribution in [1.82, 2.24) is 29.1 Å². The van der Waals surface area contributed by atoms with Crippen molar-refractivity contribution in [3.8, 4) is 22.3 Å². The monoisotopic (exact) mass is 676 g/mol. The number of hydrogen-bond acceptors (Lipinski definition) is 6. The summed E-state index contributed by atoms with van der Waals surface area (Å²) in [6.07, 6.45) is 8.23. The lowest BCUT2D eigenvalue weighted by Crippen LogP contribution is -2.21. The Kier molecular flexibility index (Phi) is 8.92. The molecule has 0 atom stereocenters. The van der Waals surface area contributed by atoms with Crippen molar-refractivity contribution in [2.45, 2.75) is 13.1 Å². The zero-order valence-corrected chi connectivity index (χ0v) is 28.1. The number of aromatic nitrogens is 6. The van der Waals surface area contributed by atoms with Crippen LogP contribution in [0.15, 0.2) is 180 Å². The van der Waals surface area contributed by atoms with Crippen LogP contribution in [0.1, 0.15) is 11.1 Å². The molecule has 0 amide bonds. The van der Waals surface area contributed by atoms with E-state index in [4.69, 9.17) is 0 Å². The highest BCUT2D eigenvalue weighted by molar-refractivity contribution is 5.83. The fourth-order valence-corrected chi connectivity index (χ4v) is 6.39. The van der Waals surface area contributed by atoms with Crippen molar-refractivity contribution in [2.75, 3.05) is 0 Å². The predicted octanol–water partition coefficient (Wildman–Crippen LogP) is 8.17. The molecule has 0 bridgehead atoms. The number of pyridine rings is 2. The lowest BCUT2D eigenvalue weighted by Gasteiger charge is -2.11. The molecule has 8 heteroatoms. The van der Waals surface area contributed by atoms with Crippen LogP contribution in [0.2, 0.25) is 0 Å². The van der Waals surface area contributed by atoms with Crippen LogP contribution in [-0.4, -0.2) is 29.1 Å². The molecule has 0 saturated heterocycles. The summed E-state index contributed by atoms with van der Waals surface area (Å²) in [5.74, 6) is 0. The molecule has 0 aliphatic carbocycles. The number of nitrogens with zero attached hydrogens (tertiary/aromatic N) is 6. The molecule has 9 rings (SSSR count). The SMILES string of the molecule is O=c1cnc2ccccc2n1Cc1cccc(-c2ccncc2)c1.O=c1cnc2ccccc2n1Cc1cccc(-c2cnc3ccccc3c2)c1. The third kappa shape index (κ3) is 6.86. The summed E-state index contributed by atoms with van der Waals surface area (Å²) in [7, 11) is 0. The van der Waals surface area contributed by atoms with Crippen molar-refractivity contribution in [3.63, 3.8) is 0 Å². The van der Waals surface area contributed by atoms with Gasteiger partial charge in [0.2, 0.25) is 0 Å². The Morgan fingerprint density at radius 3 is 1.52 bits per heavy atom. The van der Waals surface area contributed by atoms with Crippen molar-refractivity contribution in [3.05, 3.63) is 202 Å². The van der Waals surface area contributed by atoms with Crippen LogP contribution in [0.4, 0.5) is 0 Å². The van der Waals surface area contributed by atoms with E-state index in [9.17, 15) is 9.59 Å². The minimum atomic E-state index is -0.100. The van der Waals surface area contributed by atoms with Crippen LogP contribution < -0.4 is 11.1 Å². The standard InChI is InChI=1S/C24H17N3O.C20H15N3O/c28-24-15-26-22-10-3-4-11-23(22)27(24)16-17-6-5-8-18(12-17)20-13-19-7-1-2-9-21(19)25-14-20;24-20-13-22-18-6-1-2-7-19(18)23(20)14-15-4-3-5-17(12-15)16-8-10-21-11-9-16/h1-15H,16H2;1-13H,14H2. The van der Waals surface area contributed by atoms with E-state index in [1.165, 1.54) is 12.4 Å². The summed E-state index contributed by atoms with van der Waals surface area (Å²) in [5, 5.41) is 1.11. The summed E-state index contributed by atoms with van der Waals surface area (Å²) in [6, 6.07) is 46.1. The van der Waals surface area contributed by atoms with E-state index in [0.717, 1.165) is 66.4 Å². The molecule has 5 aromatic carbocycles.